The van der Waals surface area contributed by atoms with Crippen molar-refractivity contribution in [1.29, 1.82) is 0 Å². The topological polar surface area (TPSA) is 37.6 Å². The Balaban J connectivity index is 1.85. The summed E-state index contributed by atoms with van der Waals surface area (Å²) in [7, 11) is 1.96. The molecule has 2 heterocycles. The molecule has 0 aliphatic carbocycles. The van der Waals surface area contributed by atoms with Crippen LogP contribution < -0.4 is 5.32 Å². The van der Waals surface area contributed by atoms with Crippen LogP contribution in [-0.4, -0.2) is 44.3 Å². The Labute approximate surface area is 96.6 Å². The van der Waals surface area contributed by atoms with Crippen molar-refractivity contribution in [2.24, 2.45) is 0 Å². The molecule has 1 saturated heterocycles. The molecule has 1 unspecified atom stereocenters. The number of furan rings is 1. The lowest BCUT2D eigenvalue weighted by molar-refractivity contribution is -0.0309. The average molecular weight is 224 g/mol. The molecule has 4 nitrogen and oxygen atoms in total. The van der Waals surface area contributed by atoms with Gasteiger partial charge in [-0.1, -0.05) is 0 Å². The number of rotatable bonds is 4. The molecule has 0 spiro atoms. The first-order valence-corrected chi connectivity index (χ1v) is 5.82. The number of aryl methyl sites for hydroxylation is 1. The van der Waals surface area contributed by atoms with Gasteiger partial charge in [0.05, 0.1) is 19.3 Å². The summed E-state index contributed by atoms with van der Waals surface area (Å²) in [5.74, 6) is 2.03. The minimum absolute atomic E-state index is 0.301. The molecule has 1 atom stereocenters. The van der Waals surface area contributed by atoms with Crippen molar-refractivity contribution >= 4 is 0 Å². The Morgan fingerprint density at radius 1 is 1.50 bits per heavy atom. The second-order valence-corrected chi connectivity index (χ2v) is 4.30. The summed E-state index contributed by atoms with van der Waals surface area (Å²) in [6.07, 6.45) is 0.301. The molecular weight excluding hydrogens is 204 g/mol. The van der Waals surface area contributed by atoms with Gasteiger partial charge in [0.1, 0.15) is 11.5 Å². The summed E-state index contributed by atoms with van der Waals surface area (Å²) in [5, 5.41) is 3.15. The molecule has 0 radical (unpaired) electrons. The van der Waals surface area contributed by atoms with E-state index in [2.05, 4.69) is 16.3 Å². The van der Waals surface area contributed by atoms with Crippen LogP contribution in [0.4, 0.5) is 0 Å². The van der Waals surface area contributed by atoms with Crippen LogP contribution in [0.25, 0.3) is 0 Å². The van der Waals surface area contributed by atoms with E-state index in [4.69, 9.17) is 9.15 Å². The molecule has 16 heavy (non-hydrogen) atoms. The Bertz CT molecular complexity index is 323. The van der Waals surface area contributed by atoms with Gasteiger partial charge in [-0.25, -0.2) is 0 Å². The Kier molecular flexibility index (Phi) is 3.98. The molecule has 0 aromatic carbocycles. The number of nitrogens with zero attached hydrogens (tertiary/aromatic N) is 1. The first kappa shape index (κ1) is 11.6. The average Bonchev–Trinajstić information content (AvgIpc) is 2.65. The van der Waals surface area contributed by atoms with E-state index in [0.717, 1.165) is 44.3 Å². The highest BCUT2D eigenvalue weighted by molar-refractivity contribution is 5.05. The van der Waals surface area contributed by atoms with Gasteiger partial charge < -0.3 is 14.5 Å². The van der Waals surface area contributed by atoms with Crippen LogP contribution >= 0.6 is 0 Å². The van der Waals surface area contributed by atoms with Crippen molar-refractivity contribution in [2.45, 2.75) is 19.6 Å². The predicted molar refractivity (Wildman–Crippen MR) is 62.4 cm³/mol. The third-order valence-corrected chi connectivity index (χ3v) is 2.83. The van der Waals surface area contributed by atoms with Crippen LogP contribution in [0.2, 0.25) is 0 Å². The Hall–Kier alpha value is -0.840. The van der Waals surface area contributed by atoms with Gasteiger partial charge >= 0.3 is 0 Å². The van der Waals surface area contributed by atoms with Gasteiger partial charge in [-0.2, -0.15) is 0 Å². The summed E-state index contributed by atoms with van der Waals surface area (Å²) < 4.78 is 11.2. The maximum Gasteiger partial charge on any atom is 0.118 e. The second kappa shape index (κ2) is 5.48. The first-order valence-electron chi connectivity index (χ1n) is 5.82. The summed E-state index contributed by atoms with van der Waals surface area (Å²) in [6.45, 7) is 6.55. The van der Waals surface area contributed by atoms with E-state index in [0.29, 0.717) is 6.10 Å². The smallest absolute Gasteiger partial charge is 0.118 e. The first-order chi connectivity index (χ1) is 7.78. The largest absolute Gasteiger partial charge is 0.465 e. The van der Waals surface area contributed by atoms with Crippen molar-refractivity contribution < 1.29 is 9.15 Å². The highest BCUT2D eigenvalue weighted by atomic mass is 16.5. The molecule has 1 aliphatic heterocycles. The van der Waals surface area contributed by atoms with Gasteiger partial charge in [-0.15, -0.1) is 0 Å². The van der Waals surface area contributed by atoms with Crippen LogP contribution in [0.1, 0.15) is 11.5 Å². The summed E-state index contributed by atoms with van der Waals surface area (Å²) in [4.78, 5) is 2.38. The highest BCUT2D eigenvalue weighted by Crippen LogP contribution is 2.12. The normalized spacial score (nSPS) is 22.5. The molecule has 1 N–H and O–H groups in total. The van der Waals surface area contributed by atoms with E-state index in [-0.39, 0.29) is 0 Å². The molecule has 1 fully saturated rings. The summed E-state index contributed by atoms with van der Waals surface area (Å²) in [5.41, 5.74) is 0. The van der Waals surface area contributed by atoms with E-state index >= 15 is 0 Å². The molecule has 0 amide bonds. The summed E-state index contributed by atoms with van der Waals surface area (Å²) >= 11 is 0. The molecule has 1 aromatic heterocycles. The lowest BCUT2D eigenvalue weighted by atomic mass is 10.2. The van der Waals surface area contributed by atoms with Gasteiger partial charge in [0, 0.05) is 19.6 Å². The Morgan fingerprint density at radius 3 is 3.06 bits per heavy atom. The molecule has 0 bridgehead atoms. The standard InChI is InChI=1S/C12H20N2O2/c1-10-3-4-11(16-10)8-14-5-6-15-12(9-14)7-13-2/h3-4,12-13H,5-9H2,1-2H3. The number of hydrogen-bond acceptors (Lipinski definition) is 4. The second-order valence-electron chi connectivity index (χ2n) is 4.30. The van der Waals surface area contributed by atoms with Crippen molar-refractivity contribution in [1.82, 2.24) is 10.2 Å². The van der Waals surface area contributed by atoms with Crippen LogP contribution in [0.5, 0.6) is 0 Å². The number of likely N-dealkylation sites (N-methyl/N-ethyl adjacent to an activating group) is 1. The Morgan fingerprint density at radius 2 is 2.38 bits per heavy atom. The lowest BCUT2D eigenvalue weighted by Crippen LogP contribution is -2.45. The molecular formula is C12H20N2O2. The number of nitrogens with one attached hydrogen (secondary N) is 1. The third kappa shape index (κ3) is 3.07. The molecule has 2 rings (SSSR count). The van der Waals surface area contributed by atoms with Gasteiger partial charge in [0.15, 0.2) is 0 Å². The zero-order chi connectivity index (χ0) is 11.4. The quantitative estimate of drug-likeness (QED) is 0.828. The molecule has 1 aromatic rings. The highest BCUT2D eigenvalue weighted by Gasteiger charge is 2.20. The SMILES string of the molecule is CNCC1CN(Cc2ccc(C)o2)CCO1. The van der Waals surface area contributed by atoms with Crippen LogP contribution in [0.3, 0.4) is 0 Å². The maximum atomic E-state index is 5.66. The number of hydrogen-bond donors (Lipinski definition) is 1. The fraction of sp³-hybridized carbons (Fsp3) is 0.667. The van der Waals surface area contributed by atoms with Crippen LogP contribution in [0.15, 0.2) is 16.5 Å². The summed E-state index contributed by atoms with van der Waals surface area (Å²) in [6, 6.07) is 4.07. The van der Waals surface area contributed by atoms with Gasteiger partial charge in [-0.05, 0) is 26.1 Å². The fourth-order valence-corrected chi connectivity index (χ4v) is 2.07. The maximum absolute atomic E-state index is 5.66. The zero-order valence-electron chi connectivity index (χ0n) is 10.0. The van der Waals surface area contributed by atoms with E-state index in [1.807, 2.05) is 20.0 Å². The van der Waals surface area contributed by atoms with Gasteiger partial charge in [-0.3, -0.25) is 4.90 Å². The number of morpholine rings is 1. The zero-order valence-corrected chi connectivity index (χ0v) is 10.0. The van der Waals surface area contributed by atoms with Crippen molar-refractivity contribution in [3.63, 3.8) is 0 Å². The monoisotopic (exact) mass is 224 g/mol. The van der Waals surface area contributed by atoms with Gasteiger partial charge in [0.2, 0.25) is 0 Å². The number of ether oxygens (including phenoxy) is 1. The van der Waals surface area contributed by atoms with Crippen molar-refractivity contribution in [3.8, 4) is 0 Å². The lowest BCUT2D eigenvalue weighted by Gasteiger charge is -2.32. The minimum Gasteiger partial charge on any atom is -0.465 e. The molecule has 90 valence electrons. The van der Waals surface area contributed by atoms with E-state index in [9.17, 15) is 0 Å². The predicted octanol–water partition coefficient (Wildman–Crippen LogP) is 1.01. The van der Waals surface area contributed by atoms with Crippen LogP contribution in [0, 0.1) is 6.92 Å². The molecule has 0 saturated carbocycles. The van der Waals surface area contributed by atoms with Crippen LogP contribution in [-0.2, 0) is 11.3 Å². The molecule has 4 heteroatoms. The van der Waals surface area contributed by atoms with Gasteiger partial charge in [0.25, 0.3) is 0 Å². The molecule has 1 aliphatic rings. The third-order valence-electron chi connectivity index (χ3n) is 2.83. The van der Waals surface area contributed by atoms with Crippen molar-refractivity contribution in [2.75, 3.05) is 33.3 Å². The van der Waals surface area contributed by atoms with Crippen molar-refractivity contribution in [3.05, 3.63) is 23.7 Å². The minimum atomic E-state index is 0.301. The van der Waals surface area contributed by atoms with E-state index in [1.165, 1.54) is 0 Å². The fourth-order valence-electron chi connectivity index (χ4n) is 2.07. The van der Waals surface area contributed by atoms with E-state index in [1.54, 1.807) is 0 Å². The van der Waals surface area contributed by atoms with E-state index < -0.39 is 0 Å².